The first-order valence-electron chi connectivity index (χ1n) is 4.52. The number of nitrogens with zero attached hydrogens (tertiary/aromatic N) is 1. The normalized spacial score (nSPS) is 10.7. The number of hydrogen-bond donors (Lipinski definition) is 1. The topological polar surface area (TPSA) is 65.2 Å². The van der Waals surface area contributed by atoms with Crippen LogP contribution in [-0.2, 0) is 6.42 Å². The summed E-state index contributed by atoms with van der Waals surface area (Å²) in [4.78, 5) is 0. The van der Waals surface area contributed by atoms with Gasteiger partial charge in [-0.25, -0.2) is 0 Å². The van der Waals surface area contributed by atoms with E-state index in [2.05, 4.69) is 5.16 Å². The molecule has 2 N–H and O–H groups in total. The van der Waals surface area contributed by atoms with Gasteiger partial charge in [0.05, 0.1) is 6.26 Å². The average molecular weight is 192 g/mol. The van der Waals surface area contributed by atoms with E-state index in [1.54, 1.807) is 6.26 Å². The second kappa shape index (κ2) is 3.21. The Morgan fingerprint density at radius 3 is 2.86 bits per heavy atom. The van der Waals surface area contributed by atoms with E-state index < -0.39 is 0 Å². The van der Waals surface area contributed by atoms with Crippen molar-refractivity contribution in [3.8, 4) is 11.3 Å². The van der Waals surface area contributed by atoms with Gasteiger partial charge in [-0.15, -0.1) is 0 Å². The Balaban J connectivity index is 2.57. The summed E-state index contributed by atoms with van der Waals surface area (Å²) in [5.41, 5.74) is 8.32. The van der Waals surface area contributed by atoms with Gasteiger partial charge in [0, 0.05) is 11.1 Å². The Bertz CT molecular complexity index is 443. The number of hydrogen-bond acceptors (Lipinski definition) is 4. The third-order valence-electron chi connectivity index (χ3n) is 2.29. The van der Waals surface area contributed by atoms with Crippen LogP contribution in [0.2, 0.25) is 0 Å². The molecule has 0 spiro atoms. The van der Waals surface area contributed by atoms with Crippen molar-refractivity contribution in [1.82, 2.24) is 5.16 Å². The molecule has 0 saturated carbocycles. The van der Waals surface area contributed by atoms with Crippen LogP contribution in [0.5, 0.6) is 0 Å². The lowest BCUT2D eigenvalue weighted by atomic mass is 10.1. The minimum atomic E-state index is 0.392. The maximum Gasteiger partial charge on any atom is 0.225 e. The Hall–Kier alpha value is -1.71. The van der Waals surface area contributed by atoms with Gasteiger partial charge in [-0.05, 0) is 19.4 Å². The average Bonchev–Trinajstić information content (AvgIpc) is 2.71. The molecule has 2 aromatic heterocycles. The number of furan rings is 1. The molecule has 0 atom stereocenters. The summed E-state index contributed by atoms with van der Waals surface area (Å²) >= 11 is 0. The molecule has 0 aliphatic heterocycles. The van der Waals surface area contributed by atoms with Crippen molar-refractivity contribution in [1.29, 1.82) is 0 Å². The molecule has 0 radical (unpaired) electrons. The molecule has 0 aromatic carbocycles. The van der Waals surface area contributed by atoms with Crippen LogP contribution >= 0.6 is 0 Å². The van der Waals surface area contributed by atoms with E-state index in [0.717, 1.165) is 29.0 Å². The van der Waals surface area contributed by atoms with Crippen LogP contribution in [-0.4, -0.2) is 5.16 Å². The fraction of sp³-hybridized carbons (Fsp3) is 0.300. The van der Waals surface area contributed by atoms with Gasteiger partial charge in [-0.2, -0.15) is 0 Å². The molecule has 14 heavy (non-hydrogen) atoms. The summed E-state index contributed by atoms with van der Waals surface area (Å²) in [6.07, 6.45) is 2.43. The third kappa shape index (κ3) is 1.19. The van der Waals surface area contributed by atoms with Crippen molar-refractivity contribution < 1.29 is 8.94 Å². The third-order valence-corrected chi connectivity index (χ3v) is 2.29. The first kappa shape index (κ1) is 8.87. The van der Waals surface area contributed by atoms with E-state index in [-0.39, 0.29) is 0 Å². The molecule has 0 bridgehead atoms. The van der Waals surface area contributed by atoms with Gasteiger partial charge in [0.1, 0.15) is 11.5 Å². The Kier molecular flexibility index (Phi) is 2.04. The second-order valence-electron chi connectivity index (χ2n) is 3.12. The van der Waals surface area contributed by atoms with Gasteiger partial charge in [0.25, 0.3) is 0 Å². The highest BCUT2D eigenvalue weighted by Gasteiger charge is 2.16. The minimum Gasteiger partial charge on any atom is -0.469 e. The van der Waals surface area contributed by atoms with E-state index in [0.29, 0.717) is 5.88 Å². The molecule has 0 aliphatic carbocycles. The standard InChI is InChI=1S/C10H12N2O2/c1-3-7-9(12-14-10(7)11)8-4-5-13-6(8)2/h4-5H,3,11H2,1-2H3. The fourth-order valence-electron chi connectivity index (χ4n) is 1.51. The summed E-state index contributed by atoms with van der Waals surface area (Å²) in [6.45, 7) is 3.90. The predicted molar refractivity (Wildman–Crippen MR) is 52.7 cm³/mol. The molecule has 4 heteroatoms. The van der Waals surface area contributed by atoms with E-state index in [4.69, 9.17) is 14.7 Å². The number of nitrogens with two attached hydrogens (primary N) is 1. The van der Waals surface area contributed by atoms with Crippen molar-refractivity contribution in [3.63, 3.8) is 0 Å². The van der Waals surface area contributed by atoms with Crippen LogP contribution in [0.3, 0.4) is 0 Å². The number of aromatic nitrogens is 1. The molecular weight excluding hydrogens is 180 g/mol. The van der Waals surface area contributed by atoms with Gasteiger partial charge in [0.2, 0.25) is 5.88 Å². The Morgan fingerprint density at radius 2 is 2.29 bits per heavy atom. The van der Waals surface area contributed by atoms with Gasteiger partial charge >= 0.3 is 0 Å². The smallest absolute Gasteiger partial charge is 0.225 e. The summed E-state index contributed by atoms with van der Waals surface area (Å²) < 4.78 is 10.2. The molecule has 0 aliphatic rings. The summed E-state index contributed by atoms with van der Waals surface area (Å²) in [6, 6.07) is 1.87. The zero-order valence-corrected chi connectivity index (χ0v) is 8.20. The van der Waals surface area contributed by atoms with Gasteiger partial charge in [-0.3, -0.25) is 0 Å². The maximum absolute atomic E-state index is 5.65. The van der Waals surface area contributed by atoms with E-state index >= 15 is 0 Å². The Morgan fingerprint density at radius 1 is 1.50 bits per heavy atom. The summed E-state index contributed by atoms with van der Waals surface area (Å²) in [5, 5.41) is 3.93. The second-order valence-corrected chi connectivity index (χ2v) is 3.12. The van der Waals surface area contributed by atoms with Crippen molar-refractivity contribution in [2.45, 2.75) is 20.3 Å². The highest BCUT2D eigenvalue weighted by Crippen LogP contribution is 2.30. The van der Waals surface area contributed by atoms with Crippen molar-refractivity contribution >= 4 is 5.88 Å². The number of nitrogen functional groups attached to an aromatic ring is 1. The highest BCUT2D eigenvalue weighted by molar-refractivity contribution is 5.68. The SMILES string of the molecule is CCc1c(-c2ccoc2C)noc1N. The highest BCUT2D eigenvalue weighted by atomic mass is 16.5. The van der Waals surface area contributed by atoms with E-state index in [9.17, 15) is 0 Å². The predicted octanol–water partition coefficient (Wildman–Crippen LogP) is 2.39. The number of rotatable bonds is 2. The monoisotopic (exact) mass is 192 g/mol. The van der Waals surface area contributed by atoms with Gasteiger partial charge in [0.15, 0.2) is 0 Å². The lowest BCUT2D eigenvalue weighted by Gasteiger charge is -1.96. The molecule has 2 rings (SSSR count). The van der Waals surface area contributed by atoms with Crippen LogP contribution in [0.15, 0.2) is 21.3 Å². The summed E-state index contributed by atoms with van der Waals surface area (Å²) in [5.74, 6) is 1.22. The van der Waals surface area contributed by atoms with Crippen molar-refractivity contribution in [3.05, 3.63) is 23.7 Å². The molecule has 0 unspecified atom stereocenters. The van der Waals surface area contributed by atoms with Crippen LogP contribution in [0.25, 0.3) is 11.3 Å². The fourth-order valence-corrected chi connectivity index (χ4v) is 1.51. The van der Waals surface area contributed by atoms with Crippen LogP contribution in [0.1, 0.15) is 18.2 Å². The molecule has 0 amide bonds. The maximum atomic E-state index is 5.65. The molecule has 2 aromatic rings. The first-order chi connectivity index (χ1) is 6.74. The molecular formula is C10H12N2O2. The molecule has 0 saturated heterocycles. The van der Waals surface area contributed by atoms with Crippen molar-refractivity contribution in [2.24, 2.45) is 0 Å². The molecule has 0 fully saturated rings. The molecule has 2 heterocycles. The van der Waals surface area contributed by atoms with Crippen LogP contribution in [0, 0.1) is 6.92 Å². The number of anilines is 1. The lowest BCUT2D eigenvalue weighted by molar-refractivity contribution is 0.438. The van der Waals surface area contributed by atoms with Gasteiger partial charge < -0.3 is 14.7 Å². The van der Waals surface area contributed by atoms with Crippen molar-refractivity contribution in [2.75, 3.05) is 5.73 Å². The zero-order chi connectivity index (χ0) is 10.1. The summed E-state index contributed by atoms with van der Waals surface area (Å²) in [7, 11) is 0. The molecule has 4 nitrogen and oxygen atoms in total. The number of aryl methyl sites for hydroxylation is 1. The largest absolute Gasteiger partial charge is 0.469 e. The minimum absolute atomic E-state index is 0.392. The Labute approximate surface area is 81.7 Å². The van der Waals surface area contributed by atoms with Gasteiger partial charge in [-0.1, -0.05) is 12.1 Å². The quantitative estimate of drug-likeness (QED) is 0.793. The van der Waals surface area contributed by atoms with Crippen LogP contribution < -0.4 is 5.73 Å². The lowest BCUT2D eigenvalue weighted by Crippen LogP contribution is -1.89. The van der Waals surface area contributed by atoms with E-state index in [1.807, 2.05) is 19.9 Å². The zero-order valence-electron chi connectivity index (χ0n) is 8.20. The first-order valence-corrected chi connectivity index (χ1v) is 4.52. The van der Waals surface area contributed by atoms with Crippen LogP contribution in [0.4, 0.5) is 5.88 Å². The molecule has 74 valence electrons. The van der Waals surface area contributed by atoms with E-state index in [1.165, 1.54) is 0 Å².